The van der Waals surface area contributed by atoms with E-state index in [-0.39, 0.29) is 18.2 Å². The van der Waals surface area contributed by atoms with E-state index in [2.05, 4.69) is 28.7 Å². The predicted molar refractivity (Wildman–Crippen MR) is 95.1 cm³/mol. The van der Waals surface area contributed by atoms with Gasteiger partial charge >= 0.3 is 5.97 Å². The molecule has 2 atom stereocenters. The summed E-state index contributed by atoms with van der Waals surface area (Å²) in [6, 6.07) is 0. The number of carbonyl (C=O) groups excluding carboxylic acids is 1. The fourth-order valence-corrected chi connectivity index (χ4v) is 4.31. The van der Waals surface area contributed by atoms with Gasteiger partial charge in [0.2, 0.25) is 0 Å². The Balaban J connectivity index is 2.12. The number of hydrogen-bond donors (Lipinski definition) is 0. The SMILES string of the molecule is CCOC(=O)c1sc2nc(C)nc(N3CC(C)OC(C)C3)c2c1C. The van der Waals surface area contributed by atoms with Gasteiger partial charge in [-0.25, -0.2) is 14.8 Å². The Labute approximate surface area is 145 Å². The number of esters is 1. The summed E-state index contributed by atoms with van der Waals surface area (Å²) in [7, 11) is 0. The lowest BCUT2D eigenvalue weighted by Gasteiger charge is -2.36. The zero-order valence-electron chi connectivity index (χ0n) is 14.8. The summed E-state index contributed by atoms with van der Waals surface area (Å²) in [5.41, 5.74) is 0.898. The molecule has 1 fully saturated rings. The number of aryl methyl sites for hydroxylation is 2. The number of anilines is 1. The van der Waals surface area contributed by atoms with Gasteiger partial charge in [-0.2, -0.15) is 0 Å². The number of thiophene rings is 1. The fourth-order valence-electron chi connectivity index (χ4n) is 3.19. The van der Waals surface area contributed by atoms with Gasteiger partial charge in [0.1, 0.15) is 21.3 Å². The van der Waals surface area contributed by atoms with Gasteiger partial charge in [-0.3, -0.25) is 0 Å². The van der Waals surface area contributed by atoms with Crippen LogP contribution in [-0.4, -0.2) is 47.8 Å². The second kappa shape index (κ2) is 6.64. The molecule has 0 aliphatic carbocycles. The van der Waals surface area contributed by atoms with Crippen LogP contribution in [0.3, 0.4) is 0 Å². The van der Waals surface area contributed by atoms with Crippen molar-refractivity contribution in [3.8, 4) is 0 Å². The number of nitrogens with zero attached hydrogens (tertiary/aromatic N) is 3. The molecule has 3 heterocycles. The molecule has 7 heteroatoms. The third kappa shape index (κ3) is 3.10. The highest BCUT2D eigenvalue weighted by Crippen LogP contribution is 2.36. The Morgan fingerprint density at radius 3 is 2.58 bits per heavy atom. The van der Waals surface area contributed by atoms with Crippen molar-refractivity contribution >= 4 is 33.3 Å². The second-order valence-corrected chi connectivity index (χ2v) is 7.21. The van der Waals surface area contributed by atoms with Gasteiger partial charge in [-0.15, -0.1) is 11.3 Å². The molecule has 0 amide bonds. The van der Waals surface area contributed by atoms with Crippen LogP contribution in [0.1, 0.15) is 41.8 Å². The molecule has 0 spiro atoms. The minimum Gasteiger partial charge on any atom is -0.462 e. The highest BCUT2D eigenvalue weighted by atomic mass is 32.1. The van der Waals surface area contributed by atoms with Gasteiger partial charge in [0.05, 0.1) is 24.2 Å². The van der Waals surface area contributed by atoms with Crippen LogP contribution in [0.5, 0.6) is 0 Å². The van der Waals surface area contributed by atoms with E-state index in [9.17, 15) is 4.79 Å². The smallest absolute Gasteiger partial charge is 0.348 e. The maximum atomic E-state index is 12.2. The molecule has 3 rings (SSSR count). The van der Waals surface area contributed by atoms with E-state index >= 15 is 0 Å². The summed E-state index contributed by atoms with van der Waals surface area (Å²) in [6.07, 6.45) is 0.282. The minimum absolute atomic E-state index is 0.141. The van der Waals surface area contributed by atoms with Crippen LogP contribution < -0.4 is 4.90 Å². The van der Waals surface area contributed by atoms with Crippen LogP contribution in [0, 0.1) is 13.8 Å². The Morgan fingerprint density at radius 1 is 1.29 bits per heavy atom. The number of fused-ring (bicyclic) bond motifs is 1. The first kappa shape index (κ1) is 17.1. The summed E-state index contributed by atoms with van der Waals surface area (Å²) in [5, 5.41) is 0.954. The molecule has 130 valence electrons. The third-order valence-corrected chi connectivity index (χ3v) is 5.23. The molecule has 24 heavy (non-hydrogen) atoms. The van der Waals surface area contributed by atoms with Gasteiger partial charge in [-0.1, -0.05) is 0 Å². The molecule has 0 saturated carbocycles. The summed E-state index contributed by atoms with van der Waals surface area (Å²) in [4.78, 5) is 25.1. The summed E-state index contributed by atoms with van der Waals surface area (Å²) in [6.45, 7) is 11.7. The van der Waals surface area contributed by atoms with Gasteiger partial charge < -0.3 is 14.4 Å². The Bertz CT molecular complexity index is 764. The van der Waals surface area contributed by atoms with Crippen molar-refractivity contribution in [1.82, 2.24) is 9.97 Å². The van der Waals surface area contributed by atoms with Gasteiger partial charge in [0.25, 0.3) is 0 Å². The molecule has 6 nitrogen and oxygen atoms in total. The summed E-state index contributed by atoms with van der Waals surface area (Å²) >= 11 is 1.38. The molecule has 2 aromatic rings. The molecule has 0 aromatic carbocycles. The first-order chi connectivity index (χ1) is 11.4. The van der Waals surface area contributed by atoms with Crippen LogP contribution in [-0.2, 0) is 9.47 Å². The number of carbonyl (C=O) groups is 1. The number of aromatic nitrogens is 2. The lowest BCUT2D eigenvalue weighted by Crippen LogP contribution is -2.46. The van der Waals surface area contributed by atoms with Crippen LogP contribution in [0.2, 0.25) is 0 Å². The third-order valence-electron chi connectivity index (χ3n) is 4.06. The largest absolute Gasteiger partial charge is 0.462 e. The average Bonchev–Trinajstić information content (AvgIpc) is 2.82. The number of morpholine rings is 1. The molecule has 0 N–H and O–H groups in total. The molecule has 2 aromatic heterocycles. The summed E-state index contributed by atoms with van der Waals surface area (Å²) in [5.74, 6) is 1.31. The van der Waals surface area contributed by atoms with Crippen LogP contribution in [0.15, 0.2) is 0 Å². The van der Waals surface area contributed by atoms with Crippen molar-refractivity contribution in [2.24, 2.45) is 0 Å². The zero-order chi connectivity index (χ0) is 17.4. The van der Waals surface area contributed by atoms with E-state index in [1.54, 1.807) is 0 Å². The van der Waals surface area contributed by atoms with Crippen molar-refractivity contribution in [1.29, 1.82) is 0 Å². The lowest BCUT2D eigenvalue weighted by atomic mass is 10.1. The first-order valence-corrected chi connectivity index (χ1v) is 9.07. The van der Waals surface area contributed by atoms with Gasteiger partial charge in [0, 0.05) is 13.1 Å². The molecular weight excluding hydrogens is 326 g/mol. The normalized spacial score (nSPS) is 21.3. The van der Waals surface area contributed by atoms with Gasteiger partial charge in [0.15, 0.2) is 0 Å². The summed E-state index contributed by atoms with van der Waals surface area (Å²) < 4.78 is 11.0. The Kier molecular flexibility index (Phi) is 4.73. The molecule has 1 aliphatic rings. The van der Waals surface area contributed by atoms with Gasteiger partial charge in [-0.05, 0) is 40.2 Å². The average molecular weight is 349 g/mol. The molecule has 0 radical (unpaired) electrons. The monoisotopic (exact) mass is 349 g/mol. The number of hydrogen-bond acceptors (Lipinski definition) is 7. The van der Waals surface area contributed by atoms with E-state index in [1.807, 2.05) is 20.8 Å². The lowest BCUT2D eigenvalue weighted by molar-refractivity contribution is -0.00538. The van der Waals surface area contributed by atoms with E-state index in [0.717, 1.165) is 34.7 Å². The molecule has 0 bridgehead atoms. The van der Waals surface area contributed by atoms with Crippen molar-refractivity contribution < 1.29 is 14.3 Å². The maximum Gasteiger partial charge on any atom is 0.348 e. The van der Waals surface area contributed by atoms with Crippen LogP contribution in [0.25, 0.3) is 10.2 Å². The zero-order valence-corrected chi connectivity index (χ0v) is 15.6. The van der Waals surface area contributed by atoms with Crippen molar-refractivity contribution in [2.45, 2.75) is 46.8 Å². The van der Waals surface area contributed by atoms with E-state index < -0.39 is 0 Å². The molecule has 1 saturated heterocycles. The first-order valence-electron chi connectivity index (χ1n) is 8.26. The van der Waals surface area contributed by atoms with E-state index in [1.165, 1.54) is 11.3 Å². The maximum absolute atomic E-state index is 12.2. The van der Waals surface area contributed by atoms with E-state index in [4.69, 9.17) is 9.47 Å². The number of ether oxygens (including phenoxy) is 2. The van der Waals surface area contributed by atoms with Crippen molar-refractivity contribution in [3.05, 3.63) is 16.3 Å². The highest BCUT2D eigenvalue weighted by Gasteiger charge is 2.28. The molecule has 2 unspecified atom stereocenters. The van der Waals surface area contributed by atoms with E-state index in [0.29, 0.717) is 17.3 Å². The molecule has 1 aliphatic heterocycles. The highest BCUT2D eigenvalue weighted by molar-refractivity contribution is 7.20. The Morgan fingerprint density at radius 2 is 1.96 bits per heavy atom. The van der Waals surface area contributed by atoms with Crippen LogP contribution >= 0.6 is 11.3 Å². The topological polar surface area (TPSA) is 64.5 Å². The number of rotatable bonds is 3. The fraction of sp³-hybridized carbons (Fsp3) is 0.588. The van der Waals surface area contributed by atoms with Crippen LogP contribution in [0.4, 0.5) is 5.82 Å². The van der Waals surface area contributed by atoms with Crippen molar-refractivity contribution in [2.75, 3.05) is 24.6 Å². The minimum atomic E-state index is -0.287. The standard InChI is InChI=1S/C17H23N3O3S/c1-6-22-17(21)14-11(4)13-15(18-12(5)19-16(13)24-14)20-7-9(2)23-10(3)8-20/h9-10H,6-8H2,1-5H3. The predicted octanol–water partition coefficient (Wildman–Crippen LogP) is 3.10. The second-order valence-electron chi connectivity index (χ2n) is 6.21. The quantitative estimate of drug-likeness (QED) is 0.794. The van der Waals surface area contributed by atoms with Crippen molar-refractivity contribution in [3.63, 3.8) is 0 Å². The Hall–Kier alpha value is -1.73. The molecular formula is C17H23N3O3S.